The molecule has 19 heavy (non-hydrogen) atoms. The van der Waals surface area contributed by atoms with E-state index < -0.39 is 0 Å². The first-order valence-corrected chi connectivity index (χ1v) is 7.67. The quantitative estimate of drug-likeness (QED) is 0.778. The van der Waals surface area contributed by atoms with Crippen LogP contribution in [-0.4, -0.2) is 37.4 Å². The van der Waals surface area contributed by atoms with E-state index in [1.807, 2.05) is 6.92 Å². The maximum atomic E-state index is 11.8. The van der Waals surface area contributed by atoms with Gasteiger partial charge in [-0.1, -0.05) is 6.42 Å². The fourth-order valence-corrected chi connectivity index (χ4v) is 3.19. The second-order valence-corrected chi connectivity index (χ2v) is 6.10. The Hall–Kier alpha value is -0.610. The summed E-state index contributed by atoms with van der Waals surface area (Å²) in [7, 11) is 0. The summed E-state index contributed by atoms with van der Waals surface area (Å²) in [6.07, 6.45) is 6.45. The molecule has 4 heteroatoms. The molecule has 3 unspecified atom stereocenters. The Morgan fingerprint density at radius 3 is 2.95 bits per heavy atom. The van der Waals surface area contributed by atoms with Crippen molar-refractivity contribution in [3.05, 3.63) is 0 Å². The number of rotatable bonds is 5. The molecule has 0 radical (unpaired) electrons. The molecular weight excluding hydrogens is 242 g/mol. The molecule has 1 heterocycles. The molecule has 1 aliphatic carbocycles. The normalized spacial score (nSPS) is 35.3. The van der Waals surface area contributed by atoms with Crippen molar-refractivity contribution in [2.24, 2.45) is 5.92 Å². The zero-order chi connectivity index (χ0) is 13.7. The fraction of sp³-hybridized carbons (Fsp3) is 0.933. The van der Waals surface area contributed by atoms with Gasteiger partial charge in [-0.2, -0.15) is 0 Å². The van der Waals surface area contributed by atoms with Gasteiger partial charge in [0.15, 0.2) is 0 Å². The third kappa shape index (κ3) is 4.18. The second kappa shape index (κ2) is 6.71. The molecule has 0 spiro atoms. The van der Waals surface area contributed by atoms with E-state index in [-0.39, 0.29) is 17.5 Å². The molecule has 1 saturated heterocycles. The minimum absolute atomic E-state index is 0.00310. The van der Waals surface area contributed by atoms with Crippen molar-refractivity contribution < 1.29 is 14.3 Å². The molecule has 0 aromatic rings. The number of ether oxygens (including phenoxy) is 2. The van der Waals surface area contributed by atoms with E-state index in [1.54, 1.807) is 0 Å². The first-order valence-electron chi connectivity index (χ1n) is 7.67. The summed E-state index contributed by atoms with van der Waals surface area (Å²) >= 11 is 0. The molecule has 110 valence electrons. The number of nitrogens with one attached hydrogen (secondary N) is 1. The molecule has 0 bridgehead atoms. The van der Waals surface area contributed by atoms with Crippen molar-refractivity contribution in [2.45, 2.75) is 64.0 Å². The summed E-state index contributed by atoms with van der Waals surface area (Å²) in [5, 5.41) is 3.60. The van der Waals surface area contributed by atoms with Crippen LogP contribution in [0.4, 0.5) is 0 Å². The predicted molar refractivity (Wildman–Crippen MR) is 74.0 cm³/mol. The Bertz CT molecular complexity index is 300. The van der Waals surface area contributed by atoms with Crippen LogP contribution in [0, 0.1) is 5.92 Å². The van der Waals surface area contributed by atoms with Crippen LogP contribution in [0.2, 0.25) is 0 Å². The van der Waals surface area contributed by atoms with Gasteiger partial charge in [0, 0.05) is 19.2 Å². The van der Waals surface area contributed by atoms with Gasteiger partial charge in [0.2, 0.25) is 0 Å². The van der Waals surface area contributed by atoms with E-state index >= 15 is 0 Å². The van der Waals surface area contributed by atoms with Crippen LogP contribution in [0.5, 0.6) is 0 Å². The maximum Gasteiger partial charge on any atom is 0.308 e. The van der Waals surface area contributed by atoms with Crippen LogP contribution in [0.3, 0.4) is 0 Å². The minimum Gasteiger partial charge on any atom is -0.466 e. The molecule has 4 nitrogen and oxygen atoms in total. The van der Waals surface area contributed by atoms with Gasteiger partial charge in [0.1, 0.15) is 0 Å². The van der Waals surface area contributed by atoms with Gasteiger partial charge < -0.3 is 14.8 Å². The molecule has 2 aliphatic rings. The van der Waals surface area contributed by atoms with Crippen molar-refractivity contribution in [1.29, 1.82) is 0 Å². The molecule has 2 rings (SSSR count). The van der Waals surface area contributed by atoms with Crippen molar-refractivity contribution in [1.82, 2.24) is 5.32 Å². The molecule has 1 aliphatic heterocycles. The molecule has 0 aromatic carbocycles. The first-order chi connectivity index (χ1) is 9.13. The van der Waals surface area contributed by atoms with Gasteiger partial charge in [-0.25, -0.2) is 0 Å². The van der Waals surface area contributed by atoms with Gasteiger partial charge >= 0.3 is 5.97 Å². The highest BCUT2D eigenvalue weighted by atomic mass is 16.5. The van der Waals surface area contributed by atoms with Gasteiger partial charge in [-0.05, 0) is 46.0 Å². The Balaban J connectivity index is 1.76. The van der Waals surface area contributed by atoms with Crippen LogP contribution in [0.15, 0.2) is 0 Å². The largest absolute Gasteiger partial charge is 0.466 e. The third-order valence-corrected chi connectivity index (χ3v) is 4.36. The Labute approximate surface area is 116 Å². The number of esters is 1. The molecule has 1 saturated carbocycles. The molecular formula is C15H27NO3. The lowest BCUT2D eigenvalue weighted by molar-refractivity contribution is -0.149. The summed E-state index contributed by atoms with van der Waals surface area (Å²) in [5.74, 6) is 0.0702. The van der Waals surface area contributed by atoms with Crippen LogP contribution < -0.4 is 5.32 Å². The summed E-state index contributed by atoms with van der Waals surface area (Å²) in [6, 6.07) is 0.434. The average Bonchev–Trinajstić information content (AvgIpc) is 2.85. The van der Waals surface area contributed by atoms with E-state index in [9.17, 15) is 4.79 Å². The molecule has 0 amide bonds. The number of carbonyl (C=O) groups excluding carboxylic acids is 1. The highest BCUT2D eigenvalue weighted by Crippen LogP contribution is 2.28. The lowest BCUT2D eigenvalue weighted by Crippen LogP contribution is -2.44. The zero-order valence-corrected chi connectivity index (χ0v) is 12.2. The predicted octanol–water partition coefficient (Wildman–Crippen LogP) is 2.27. The average molecular weight is 269 g/mol. The monoisotopic (exact) mass is 269 g/mol. The maximum absolute atomic E-state index is 11.8. The summed E-state index contributed by atoms with van der Waals surface area (Å²) < 4.78 is 10.9. The summed E-state index contributed by atoms with van der Waals surface area (Å²) in [4.78, 5) is 11.8. The van der Waals surface area contributed by atoms with Gasteiger partial charge in [-0.3, -0.25) is 4.79 Å². The van der Waals surface area contributed by atoms with Crippen molar-refractivity contribution in [3.8, 4) is 0 Å². The number of hydrogen-bond donors (Lipinski definition) is 1. The SMILES string of the molecule is CCOC(=O)C1CCCC(NCC2(C)CCCO2)C1. The zero-order valence-electron chi connectivity index (χ0n) is 12.2. The van der Waals surface area contributed by atoms with E-state index in [0.717, 1.165) is 51.7 Å². The van der Waals surface area contributed by atoms with Crippen LogP contribution in [-0.2, 0) is 14.3 Å². The first kappa shape index (κ1) is 14.8. The van der Waals surface area contributed by atoms with Crippen molar-refractivity contribution >= 4 is 5.97 Å². The second-order valence-electron chi connectivity index (χ2n) is 6.10. The summed E-state index contributed by atoms with van der Waals surface area (Å²) in [6.45, 7) is 6.31. The smallest absolute Gasteiger partial charge is 0.308 e. The molecule has 2 fully saturated rings. The van der Waals surface area contributed by atoms with Crippen LogP contribution in [0.25, 0.3) is 0 Å². The highest BCUT2D eigenvalue weighted by Gasteiger charge is 2.32. The van der Waals surface area contributed by atoms with Crippen molar-refractivity contribution in [3.63, 3.8) is 0 Å². The third-order valence-electron chi connectivity index (χ3n) is 4.36. The Morgan fingerprint density at radius 2 is 2.26 bits per heavy atom. The summed E-state index contributed by atoms with van der Waals surface area (Å²) in [5.41, 5.74) is -0.00310. The lowest BCUT2D eigenvalue weighted by atomic mass is 9.85. The standard InChI is InChI=1S/C15H27NO3/c1-3-18-14(17)12-6-4-7-13(10-12)16-11-15(2)8-5-9-19-15/h12-13,16H,3-11H2,1-2H3. The highest BCUT2D eigenvalue weighted by molar-refractivity contribution is 5.72. The van der Waals surface area contributed by atoms with E-state index in [2.05, 4.69) is 12.2 Å². The van der Waals surface area contributed by atoms with Gasteiger partial charge in [0.25, 0.3) is 0 Å². The fourth-order valence-electron chi connectivity index (χ4n) is 3.19. The number of hydrogen-bond acceptors (Lipinski definition) is 4. The number of carbonyl (C=O) groups is 1. The van der Waals surface area contributed by atoms with Gasteiger partial charge in [-0.15, -0.1) is 0 Å². The Kier molecular flexibility index (Phi) is 5.22. The van der Waals surface area contributed by atoms with E-state index in [0.29, 0.717) is 12.6 Å². The molecule has 0 aromatic heterocycles. The van der Waals surface area contributed by atoms with Crippen LogP contribution >= 0.6 is 0 Å². The van der Waals surface area contributed by atoms with Crippen LogP contribution in [0.1, 0.15) is 52.4 Å². The van der Waals surface area contributed by atoms with E-state index in [1.165, 1.54) is 0 Å². The molecule has 1 N–H and O–H groups in total. The van der Waals surface area contributed by atoms with Crippen molar-refractivity contribution in [2.75, 3.05) is 19.8 Å². The topological polar surface area (TPSA) is 47.6 Å². The minimum atomic E-state index is -0.0164. The van der Waals surface area contributed by atoms with Gasteiger partial charge in [0.05, 0.1) is 18.1 Å². The lowest BCUT2D eigenvalue weighted by Gasteiger charge is -2.32. The van der Waals surface area contributed by atoms with E-state index in [4.69, 9.17) is 9.47 Å². The Morgan fingerprint density at radius 1 is 1.42 bits per heavy atom. The molecule has 3 atom stereocenters.